The fourth-order valence-electron chi connectivity index (χ4n) is 2.37. The molecule has 17 heavy (non-hydrogen) atoms. The fraction of sp³-hybridized carbons (Fsp3) is 0.417. The smallest absolute Gasteiger partial charge is 0.310 e. The van der Waals surface area contributed by atoms with Gasteiger partial charge in [0, 0.05) is 12.0 Å². The van der Waals surface area contributed by atoms with E-state index in [0.29, 0.717) is 11.3 Å². The average Bonchev–Trinajstić information content (AvgIpc) is 2.33. The molecule has 1 atom stereocenters. The van der Waals surface area contributed by atoms with Gasteiger partial charge in [0.05, 0.1) is 6.61 Å². The van der Waals surface area contributed by atoms with Crippen molar-refractivity contribution < 1.29 is 18.3 Å². The van der Waals surface area contributed by atoms with Crippen LogP contribution in [0.3, 0.4) is 0 Å². The number of nitrogens with zero attached hydrogens (tertiary/aromatic N) is 1. The second-order valence-electron chi connectivity index (χ2n) is 4.20. The summed E-state index contributed by atoms with van der Waals surface area (Å²) in [7, 11) is 0. The second-order valence-corrected chi connectivity index (χ2v) is 4.20. The molecular formula is C12H11F2NO2. The van der Waals surface area contributed by atoms with Crippen molar-refractivity contribution in [2.45, 2.75) is 17.9 Å². The Morgan fingerprint density at radius 3 is 2.88 bits per heavy atom. The minimum Gasteiger partial charge on any atom is -0.493 e. The van der Waals surface area contributed by atoms with E-state index < -0.39 is 18.1 Å². The number of benzene rings is 1. The molecule has 0 aromatic heterocycles. The van der Waals surface area contributed by atoms with Crippen LogP contribution in [0.4, 0.5) is 8.78 Å². The van der Waals surface area contributed by atoms with Gasteiger partial charge in [-0.1, -0.05) is 18.2 Å². The Kier molecular flexibility index (Phi) is 2.11. The quantitative estimate of drug-likeness (QED) is 0.695. The summed E-state index contributed by atoms with van der Waals surface area (Å²) < 4.78 is 38.3. The number of halogens is 2. The Morgan fingerprint density at radius 2 is 2.06 bits per heavy atom. The Labute approximate surface area is 97.1 Å². The monoisotopic (exact) mass is 239 g/mol. The van der Waals surface area contributed by atoms with Gasteiger partial charge in [0.1, 0.15) is 5.75 Å². The third-order valence-corrected chi connectivity index (χ3v) is 3.27. The lowest BCUT2D eigenvalue weighted by Crippen LogP contribution is -2.52. The van der Waals surface area contributed by atoms with Crippen LogP contribution in [0.2, 0.25) is 0 Å². The molecule has 0 N–H and O–H groups in total. The first-order chi connectivity index (χ1) is 8.16. The topological polar surface area (TPSA) is 30.8 Å². The van der Waals surface area contributed by atoms with Gasteiger partial charge in [-0.25, -0.2) is 4.99 Å². The SMILES string of the molecule is FC1(F)COC=N[C@@]12CCOc1ccccc12. The molecule has 3 rings (SSSR count). The lowest BCUT2D eigenvalue weighted by atomic mass is 9.79. The first-order valence-electron chi connectivity index (χ1n) is 5.41. The zero-order chi connectivity index (χ0) is 11.9. The van der Waals surface area contributed by atoms with Crippen molar-refractivity contribution in [3.8, 4) is 5.75 Å². The lowest BCUT2D eigenvalue weighted by molar-refractivity contribution is -0.129. The summed E-state index contributed by atoms with van der Waals surface area (Å²) in [5.74, 6) is -2.53. The normalized spacial score (nSPS) is 29.3. The summed E-state index contributed by atoms with van der Waals surface area (Å²) in [5, 5.41) is 0. The maximum Gasteiger partial charge on any atom is 0.310 e. The van der Waals surface area contributed by atoms with E-state index in [-0.39, 0.29) is 13.0 Å². The van der Waals surface area contributed by atoms with Crippen molar-refractivity contribution in [1.29, 1.82) is 0 Å². The van der Waals surface area contributed by atoms with Gasteiger partial charge >= 0.3 is 5.92 Å². The van der Waals surface area contributed by atoms with Gasteiger partial charge in [-0.15, -0.1) is 0 Å². The van der Waals surface area contributed by atoms with E-state index in [1.165, 1.54) is 0 Å². The van der Waals surface area contributed by atoms with E-state index in [2.05, 4.69) is 9.73 Å². The van der Waals surface area contributed by atoms with Crippen molar-refractivity contribution in [3.63, 3.8) is 0 Å². The van der Waals surface area contributed by atoms with Crippen molar-refractivity contribution in [1.82, 2.24) is 0 Å². The summed E-state index contributed by atoms with van der Waals surface area (Å²) in [6.07, 6.45) is 1.29. The van der Waals surface area contributed by atoms with Crippen LogP contribution in [0.5, 0.6) is 5.75 Å². The highest BCUT2D eigenvalue weighted by atomic mass is 19.3. The number of fused-ring (bicyclic) bond motifs is 2. The van der Waals surface area contributed by atoms with Gasteiger partial charge in [-0.2, -0.15) is 8.78 Å². The van der Waals surface area contributed by atoms with Gasteiger partial charge in [0.2, 0.25) is 0 Å². The number of aliphatic imine (C=N–C) groups is 1. The Balaban J connectivity index is 2.21. The molecular weight excluding hydrogens is 228 g/mol. The maximum atomic E-state index is 14.1. The summed E-state index contributed by atoms with van der Waals surface area (Å²) in [6, 6.07) is 6.82. The third-order valence-electron chi connectivity index (χ3n) is 3.27. The van der Waals surface area contributed by atoms with Crippen LogP contribution in [0, 0.1) is 0 Å². The highest BCUT2D eigenvalue weighted by Crippen LogP contribution is 2.50. The van der Waals surface area contributed by atoms with Crippen LogP contribution in [-0.4, -0.2) is 25.5 Å². The number of ether oxygens (including phenoxy) is 2. The number of alkyl halides is 2. The minimum atomic E-state index is -3.01. The standard InChI is InChI=1S/C12H11F2NO2/c13-12(14)7-16-8-15-11(12)5-6-17-10-4-2-1-3-9(10)11/h1-4,8H,5-7H2/t11-/m1/s1. The molecule has 0 bridgehead atoms. The van der Waals surface area contributed by atoms with E-state index >= 15 is 0 Å². The Hall–Kier alpha value is -1.65. The third kappa shape index (κ3) is 1.34. The van der Waals surface area contributed by atoms with Crippen LogP contribution in [0.1, 0.15) is 12.0 Å². The van der Waals surface area contributed by atoms with E-state index in [1.54, 1.807) is 24.3 Å². The van der Waals surface area contributed by atoms with E-state index in [4.69, 9.17) is 4.74 Å². The van der Waals surface area contributed by atoms with Crippen LogP contribution in [0.15, 0.2) is 29.3 Å². The fourth-order valence-corrected chi connectivity index (χ4v) is 2.37. The zero-order valence-corrected chi connectivity index (χ0v) is 9.03. The first kappa shape index (κ1) is 10.5. The lowest BCUT2D eigenvalue weighted by Gasteiger charge is -2.42. The highest BCUT2D eigenvalue weighted by Gasteiger charge is 2.59. The van der Waals surface area contributed by atoms with Gasteiger partial charge in [-0.3, -0.25) is 0 Å². The summed E-state index contributed by atoms with van der Waals surface area (Å²) >= 11 is 0. The number of hydrogen-bond donors (Lipinski definition) is 0. The number of hydrogen-bond acceptors (Lipinski definition) is 3. The van der Waals surface area contributed by atoms with E-state index in [1.807, 2.05) is 0 Å². The van der Waals surface area contributed by atoms with Gasteiger partial charge in [0.25, 0.3) is 0 Å². The molecule has 0 saturated heterocycles. The summed E-state index contributed by atoms with van der Waals surface area (Å²) in [4.78, 5) is 3.94. The van der Waals surface area contributed by atoms with Crippen molar-refractivity contribution in [2.24, 2.45) is 4.99 Å². The predicted octanol–water partition coefficient (Wildman–Crippen LogP) is 2.36. The minimum absolute atomic E-state index is 0.164. The zero-order valence-electron chi connectivity index (χ0n) is 9.03. The molecule has 1 aromatic rings. The molecule has 2 heterocycles. The molecule has 0 radical (unpaired) electrons. The molecule has 0 saturated carbocycles. The number of para-hydroxylation sites is 1. The molecule has 90 valence electrons. The van der Waals surface area contributed by atoms with Crippen molar-refractivity contribution >= 4 is 6.40 Å². The highest BCUT2D eigenvalue weighted by molar-refractivity contribution is 5.54. The largest absolute Gasteiger partial charge is 0.493 e. The number of rotatable bonds is 0. The van der Waals surface area contributed by atoms with Gasteiger partial charge < -0.3 is 9.47 Å². The molecule has 0 fully saturated rings. The van der Waals surface area contributed by atoms with Gasteiger partial charge in [-0.05, 0) is 6.07 Å². The molecule has 3 nitrogen and oxygen atoms in total. The van der Waals surface area contributed by atoms with Gasteiger partial charge in [0.15, 0.2) is 18.5 Å². The van der Waals surface area contributed by atoms with Crippen molar-refractivity contribution in [3.05, 3.63) is 29.8 Å². The second kappa shape index (κ2) is 3.42. The molecule has 2 aliphatic heterocycles. The molecule has 2 aliphatic rings. The first-order valence-corrected chi connectivity index (χ1v) is 5.41. The van der Waals surface area contributed by atoms with Crippen LogP contribution in [-0.2, 0) is 10.3 Å². The summed E-state index contributed by atoms with van der Waals surface area (Å²) in [5.41, 5.74) is -1.09. The van der Waals surface area contributed by atoms with Crippen molar-refractivity contribution in [2.75, 3.05) is 13.2 Å². The van der Waals surface area contributed by atoms with E-state index in [9.17, 15) is 8.78 Å². The molecule has 0 unspecified atom stereocenters. The average molecular weight is 239 g/mol. The predicted molar refractivity (Wildman–Crippen MR) is 57.6 cm³/mol. The molecule has 5 heteroatoms. The molecule has 0 amide bonds. The van der Waals surface area contributed by atoms with Crippen LogP contribution < -0.4 is 4.74 Å². The Bertz CT molecular complexity index is 475. The molecule has 1 spiro atoms. The van der Waals surface area contributed by atoms with Crippen LogP contribution in [0.25, 0.3) is 0 Å². The van der Waals surface area contributed by atoms with Crippen LogP contribution >= 0.6 is 0 Å². The van der Waals surface area contributed by atoms with E-state index in [0.717, 1.165) is 6.40 Å². The summed E-state index contributed by atoms with van der Waals surface area (Å²) in [6.45, 7) is -0.394. The Morgan fingerprint density at radius 1 is 1.24 bits per heavy atom. The maximum absolute atomic E-state index is 14.1. The molecule has 0 aliphatic carbocycles. The molecule has 1 aromatic carbocycles.